The van der Waals surface area contributed by atoms with Gasteiger partial charge in [-0.3, -0.25) is 0 Å². The molecule has 0 atom stereocenters. The molecule has 1 aromatic carbocycles. The number of nitrogens with zero attached hydrogens (tertiary/aromatic N) is 2. The maximum Gasteiger partial charge on any atom is 0.167 e. The van der Waals surface area contributed by atoms with Gasteiger partial charge in [-0.15, -0.1) is 22.7 Å². The highest BCUT2D eigenvalue weighted by Gasteiger charge is 2.06. The van der Waals surface area contributed by atoms with Crippen LogP contribution in [0, 0.1) is 11.8 Å². The van der Waals surface area contributed by atoms with Crippen LogP contribution in [-0.2, 0) is 0 Å². The molecule has 0 radical (unpaired) electrons. The Kier molecular flexibility index (Phi) is 3.74. The molecular formula is C14H7BrN2S2. The predicted octanol–water partition coefficient (Wildman–Crippen LogP) is 4.43. The lowest BCUT2D eigenvalue weighted by molar-refractivity contribution is 1.30. The van der Waals surface area contributed by atoms with Crippen molar-refractivity contribution in [2.75, 3.05) is 0 Å². The molecule has 2 nitrogen and oxygen atoms in total. The summed E-state index contributed by atoms with van der Waals surface area (Å²) in [7, 11) is 0. The Labute approximate surface area is 127 Å². The van der Waals surface area contributed by atoms with Gasteiger partial charge in [0, 0.05) is 16.3 Å². The molecule has 0 aliphatic rings. The molecule has 2 aromatic heterocycles. The molecule has 19 heavy (non-hydrogen) atoms. The summed E-state index contributed by atoms with van der Waals surface area (Å²) in [6, 6.07) is 9.90. The van der Waals surface area contributed by atoms with Crippen LogP contribution in [0.25, 0.3) is 10.7 Å². The van der Waals surface area contributed by atoms with Gasteiger partial charge >= 0.3 is 0 Å². The quantitative estimate of drug-likeness (QED) is 0.609. The molecule has 0 amide bonds. The van der Waals surface area contributed by atoms with Gasteiger partial charge in [-0.25, -0.2) is 9.97 Å². The van der Waals surface area contributed by atoms with Crippen LogP contribution >= 0.6 is 38.6 Å². The van der Waals surface area contributed by atoms with Crippen molar-refractivity contribution < 1.29 is 0 Å². The molecule has 0 spiro atoms. The zero-order chi connectivity index (χ0) is 13.1. The summed E-state index contributed by atoms with van der Waals surface area (Å²) in [5.74, 6) is 6.18. The van der Waals surface area contributed by atoms with Gasteiger partial charge in [0.1, 0.15) is 15.3 Å². The van der Waals surface area contributed by atoms with Crippen LogP contribution in [0.15, 0.2) is 45.7 Å². The van der Waals surface area contributed by atoms with Crippen molar-refractivity contribution in [1.82, 2.24) is 9.97 Å². The van der Waals surface area contributed by atoms with Gasteiger partial charge in [0.25, 0.3) is 0 Å². The van der Waals surface area contributed by atoms with Crippen molar-refractivity contribution in [1.29, 1.82) is 0 Å². The van der Waals surface area contributed by atoms with Gasteiger partial charge in [0.15, 0.2) is 5.01 Å². The Morgan fingerprint density at radius 1 is 0.947 bits per heavy atom. The van der Waals surface area contributed by atoms with Crippen LogP contribution in [0.3, 0.4) is 0 Å². The molecule has 3 rings (SSSR count). The fraction of sp³-hybridized carbons (Fsp3) is 0. The van der Waals surface area contributed by atoms with E-state index in [9.17, 15) is 0 Å². The second-order valence-electron chi connectivity index (χ2n) is 3.63. The van der Waals surface area contributed by atoms with E-state index in [0.717, 1.165) is 25.9 Å². The molecule has 0 aliphatic heterocycles. The third kappa shape index (κ3) is 3.10. The molecule has 0 aliphatic carbocycles. The number of aromatic nitrogens is 2. The summed E-state index contributed by atoms with van der Waals surface area (Å²) in [5.41, 5.74) is 1.88. The van der Waals surface area contributed by atoms with Crippen LogP contribution in [-0.4, -0.2) is 9.97 Å². The molecule has 0 saturated heterocycles. The Balaban J connectivity index is 1.85. The lowest BCUT2D eigenvalue weighted by Gasteiger charge is -1.86. The van der Waals surface area contributed by atoms with Gasteiger partial charge in [-0.2, -0.15) is 0 Å². The second kappa shape index (κ2) is 5.66. The zero-order valence-electron chi connectivity index (χ0n) is 9.63. The highest BCUT2D eigenvalue weighted by Crippen LogP contribution is 2.26. The average Bonchev–Trinajstić information content (AvgIpc) is 3.06. The summed E-state index contributed by atoms with van der Waals surface area (Å²) in [4.78, 5) is 8.82. The van der Waals surface area contributed by atoms with Crippen molar-refractivity contribution in [3.05, 3.63) is 56.3 Å². The molecule has 0 bridgehead atoms. The van der Waals surface area contributed by atoms with E-state index in [4.69, 9.17) is 0 Å². The van der Waals surface area contributed by atoms with Gasteiger partial charge in [-0.05, 0) is 34.0 Å². The summed E-state index contributed by atoms with van der Waals surface area (Å²) in [5, 5.41) is 5.66. The third-order valence-corrected chi connectivity index (χ3v) is 4.62. The second-order valence-corrected chi connectivity index (χ2v) is 6.16. The Bertz CT molecular complexity index is 750. The van der Waals surface area contributed by atoms with Crippen molar-refractivity contribution >= 4 is 38.6 Å². The molecule has 5 heteroatoms. The molecule has 0 saturated carbocycles. The number of rotatable bonds is 1. The van der Waals surface area contributed by atoms with Gasteiger partial charge in [0.05, 0.1) is 0 Å². The normalized spacial score (nSPS) is 9.95. The first-order valence-corrected chi connectivity index (χ1v) is 8.00. The molecule has 2 heterocycles. The minimum atomic E-state index is 0.810. The van der Waals surface area contributed by atoms with Gasteiger partial charge in [-0.1, -0.05) is 24.1 Å². The van der Waals surface area contributed by atoms with Crippen LogP contribution in [0.2, 0.25) is 0 Å². The average molecular weight is 347 g/mol. The first-order valence-electron chi connectivity index (χ1n) is 5.45. The van der Waals surface area contributed by atoms with Crippen LogP contribution < -0.4 is 0 Å². The molecule has 0 unspecified atom stereocenters. The summed E-state index contributed by atoms with van der Waals surface area (Å²) < 4.78 is 0.845. The van der Waals surface area contributed by atoms with E-state index in [2.05, 4.69) is 37.7 Å². The third-order valence-electron chi connectivity index (χ3n) is 2.29. The fourth-order valence-corrected chi connectivity index (χ4v) is 3.38. The number of benzene rings is 1. The predicted molar refractivity (Wildman–Crippen MR) is 83.3 cm³/mol. The minimum absolute atomic E-state index is 0.810. The van der Waals surface area contributed by atoms with E-state index in [0.29, 0.717) is 0 Å². The van der Waals surface area contributed by atoms with E-state index in [1.165, 1.54) is 11.3 Å². The molecule has 0 fully saturated rings. The molecule has 0 N–H and O–H groups in total. The fourth-order valence-electron chi connectivity index (χ4n) is 1.45. The van der Waals surface area contributed by atoms with Crippen LogP contribution in [0.5, 0.6) is 0 Å². The lowest BCUT2D eigenvalue weighted by atomic mass is 10.2. The summed E-state index contributed by atoms with van der Waals surface area (Å²) in [6.07, 6.45) is 0. The largest absolute Gasteiger partial charge is 0.227 e. The van der Waals surface area contributed by atoms with E-state index < -0.39 is 0 Å². The van der Waals surface area contributed by atoms with Gasteiger partial charge < -0.3 is 0 Å². The first-order chi connectivity index (χ1) is 9.31. The standard InChI is InChI=1S/C14H7BrN2S2/c15-12-9-19-14(17-12)11-8-18-13(16-11)7-6-10-4-2-1-3-5-10/h1-5,8-9H. The molecule has 3 aromatic rings. The van der Waals surface area contributed by atoms with Crippen molar-refractivity contribution in [2.45, 2.75) is 0 Å². The highest BCUT2D eigenvalue weighted by atomic mass is 79.9. The molecular weight excluding hydrogens is 340 g/mol. The number of hydrogen-bond donors (Lipinski definition) is 0. The Hall–Kier alpha value is -1.48. The van der Waals surface area contributed by atoms with Crippen molar-refractivity contribution in [2.24, 2.45) is 0 Å². The van der Waals surface area contributed by atoms with E-state index in [-0.39, 0.29) is 0 Å². The van der Waals surface area contributed by atoms with Crippen LogP contribution in [0.1, 0.15) is 10.6 Å². The minimum Gasteiger partial charge on any atom is -0.227 e. The maximum atomic E-state index is 4.48. The highest BCUT2D eigenvalue weighted by molar-refractivity contribution is 9.10. The Morgan fingerprint density at radius 2 is 1.79 bits per heavy atom. The first kappa shape index (κ1) is 12.5. The number of halogens is 1. The number of thiazole rings is 2. The van der Waals surface area contributed by atoms with E-state index >= 15 is 0 Å². The van der Waals surface area contributed by atoms with Crippen molar-refractivity contribution in [3.63, 3.8) is 0 Å². The monoisotopic (exact) mass is 346 g/mol. The van der Waals surface area contributed by atoms with Crippen LogP contribution in [0.4, 0.5) is 0 Å². The smallest absolute Gasteiger partial charge is 0.167 e. The molecule has 92 valence electrons. The van der Waals surface area contributed by atoms with Gasteiger partial charge in [0.2, 0.25) is 0 Å². The summed E-state index contributed by atoms with van der Waals surface area (Å²) in [6.45, 7) is 0. The maximum absolute atomic E-state index is 4.48. The topological polar surface area (TPSA) is 25.8 Å². The van der Waals surface area contributed by atoms with Crippen molar-refractivity contribution in [3.8, 4) is 22.5 Å². The van der Waals surface area contributed by atoms with E-state index in [1.54, 1.807) is 11.3 Å². The van der Waals surface area contributed by atoms with E-state index in [1.807, 2.05) is 41.1 Å². The summed E-state index contributed by atoms with van der Waals surface area (Å²) >= 11 is 6.45. The SMILES string of the molecule is Brc1csc(-c2csc(C#Cc3ccccc3)n2)n1. The number of hydrogen-bond acceptors (Lipinski definition) is 4. The Morgan fingerprint density at radius 3 is 2.53 bits per heavy atom. The lowest BCUT2D eigenvalue weighted by Crippen LogP contribution is -1.77. The zero-order valence-corrected chi connectivity index (χ0v) is 12.8.